The number of aromatic nitrogens is 1. The number of amides is 3. The third-order valence-electron chi connectivity index (χ3n) is 7.15. The Balaban J connectivity index is 1.32. The van der Waals surface area contributed by atoms with Gasteiger partial charge in [0.1, 0.15) is 0 Å². The number of nitrogens with one attached hydrogen (secondary N) is 1. The molecule has 7 nitrogen and oxygen atoms in total. The molecule has 2 saturated heterocycles. The summed E-state index contributed by atoms with van der Waals surface area (Å²) in [5.74, 6) is 0.787. The molecule has 174 valence electrons. The highest BCUT2D eigenvalue weighted by Gasteiger charge is 2.34. The molecule has 33 heavy (non-hydrogen) atoms. The summed E-state index contributed by atoms with van der Waals surface area (Å²) < 4.78 is 0. The molecule has 1 unspecified atom stereocenters. The number of urea groups is 1. The lowest BCUT2D eigenvalue weighted by molar-refractivity contribution is 0.102. The first-order valence-electron chi connectivity index (χ1n) is 12.4. The fraction of sp³-hybridized carbons (Fsp3) is 0.500. The maximum absolute atomic E-state index is 13.9. The molecular formula is C26H33N5O2. The van der Waals surface area contributed by atoms with Gasteiger partial charge in [-0.1, -0.05) is 18.6 Å². The van der Waals surface area contributed by atoms with Crippen molar-refractivity contribution in [3.63, 3.8) is 0 Å². The van der Waals surface area contributed by atoms with Gasteiger partial charge in [-0.15, -0.1) is 0 Å². The average Bonchev–Trinajstić information content (AvgIpc) is 2.98. The van der Waals surface area contributed by atoms with Crippen LogP contribution < -0.4 is 10.2 Å². The molecule has 2 fully saturated rings. The van der Waals surface area contributed by atoms with Crippen LogP contribution in [0.1, 0.15) is 55.3 Å². The first-order valence-corrected chi connectivity index (χ1v) is 12.4. The molecule has 0 radical (unpaired) electrons. The van der Waals surface area contributed by atoms with Gasteiger partial charge in [-0.2, -0.15) is 0 Å². The van der Waals surface area contributed by atoms with Gasteiger partial charge < -0.3 is 15.1 Å². The van der Waals surface area contributed by atoms with Crippen molar-refractivity contribution in [2.45, 2.75) is 44.9 Å². The minimum absolute atomic E-state index is 0.0976. The normalized spacial score (nSPS) is 21.1. The van der Waals surface area contributed by atoms with E-state index in [0.29, 0.717) is 28.7 Å². The number of carbonyl (C=O) groups excluding carboxylic acids is 2. The molecular weight excluding hydrogens is 414 g/mol. The van der Waals surface area contributed by atoms with Crippen molar-refractivity contribution in [3.8, 4) is 0 Å². The van der Waals surface area contributed by atoms with Crippen LogP contribution in [0.4, 0.5) is 22.0 Å². The van der Waals surface area contributed by atoms with E-state index in [-0.39, 0.29) is 11.9 Å². The van der Waals surface area contributed by atoms with Gasteiger partial charge in [0.15, 0.2) is 5.82 Å². The summed E-state index contributed by atoms with van der Waals surface area (Å²) in [4.78, 5) is 37.4. The van der Waals surface area contributed by atoms with Gasteiger partial charge in [0.2, 0.25) is 0 Å². The van der Waals surface area contributed by atoms with Gasteiger partial charge in [-0.25, -0.2) is 14.7 Å². The largest absolute Gasteiger partial charge is 0.330 e. The van der Waals surface area contributed by atoms with E-state index in [9.17, 15) is 9.59 Å². The lowest BCUT2D eigenvalue weighted by Crippen LogP contribution is -2.46. The molecule has 1 atom stereocenters. The predicted octanol–water partition coefficient (Wildman–Crippen LogP) is 4.88. The molecule has 3 aliphatic heterocycles. The van der Waals surface area contributed by atoms with E-state index in [1.807, 2.05) is 23.1 Å². The summed E-state index contributed by atoms with van der Waals surface area (Å²) >= 11 is 0. The molecule has 1 aromatic carbocycles. The van der Waals surface area contributed by atoms with Crippen molar-refractivity contribution in [2.24, 2.45) is 5.92 Å². The van der Waals surface area contributed by atoms with Crippen molar-refractivity contribution in [3.05, 3.63) is 48.2 Å². The number of carbonyl (C=O) groups is 2. The van der Waals surface area contributed by atoms with E-state index in [2.05, 4.69) is 15.2 Å². The molecule has 3 aliphatic rings. The number of benzene rings is 1. The molecule has 1 N–H and O–H groups in total. The highest BCUT2D eigenvalue weighted by atomic mass is 16.2. The number of hydrogen-bond acceptors (Lipinski definition) is 4. The van der Waals surface area contributed by atoms with Crippen molar-refractivity contribution in [1.82, 2.24) is 14.8 Å². The van der Waals surface area contributed by atoms with Gasteiger partial charge in [0.25, 0.3) is 5.91 Å². The summed E-state index contributed by atoms with van der Waals surface area (Å²) in [5.41, 5.74) is 1.63. The van der Waals surface area contributed by atoms with Crippen LogP contribution in [0.3, 0.4) is 0 Å². The Labute approximate surface area is 195 Å². The summed E-state index contributed by atoms with van der Waals surface area (Å²) in [6.45, 7) is 5.16. The van der Waals surface area contributed by atoms with Crippen LogP contribution in [-0.4, -0.2) is 59.4 Å². The van der Waals surface area contributed by atoms with Gasteiger partial charge >= 0.3 is 6.03 Å². The number of pyridine rings is 1. The maximum atomic E-state index is 13.9. The lowest BCUT2D eigenvalue weighted by atomic mass is 9.93. The van der Waals surface area contributed by atoms with Gasteiger partial charge in [0, 0.05) is 19.3 Å². The first kappa shape index (κ1) is 21.9. The van der Waals surface area contributed by atoms with Crippen LogP contribution >= 0.6 is 0 Å². The van der Waals surface area contributed by atoms with E-state index < -0.39 is 0 Å². The summed E-state index contributed by atoms with van der Waals surface area (Å²) in [6.07, 6.45) is 10.2. The first-order chi connectivity index (χ1) is 16.2. The Morgan fingerprint density at radius 2 is 1.88 bits per heavy atom. The number of likely N-dealkylation sites (tertiary alicyclic amines) is 2. The minimum atomic E-state index is -0.218. The number of piperidine rings is 2. The van der Waals surface area contributed by atoms with Crippen molar-refractivity contribution in [2.75, 3.05) is 42.9 Å². The topological polar surface area (TPSA) is 68.8 Å². The van der Waals surface area contributed by atoms with Crippen LogP contribution in [0, 0.1) is 5.92 Å². The zero-order valence-corrected chi connectivity index (χ0v) is 19.2. The Bertz CT molecular complexity index is 1000. The standard InChI is InChI=1S/C26H33N5O2/c32-25-21-11-2-3-13-23(21)31(24-22(28-25)12-6-14-27-24)26(33)30-18-8-10-20(19-30)9-7-17-29-15-4-1-5-16-29/h2-3,6,11-14,20H,1,4-5,7-10,15-19H2,(H,28,32). The van der Waals surface area contributed by atoms with E-state index in [0.717, 1.165) is 25.9 Å². The highest BCUT2D eigenvalue weighted by Crippen LogP contribution is 2.37. The van der Waals surface area contributed by atoms with Crippen molar-refractivity contribution >= 4 is 29.1 Å². The monoisotopic (exact) mass is 447 g/mol. The zero-order valence-electron chi connectivity index (χ0n) is 19.2. The van der Waals surface area contributed by atoms with Crippen LogP contribution in [0.25, 0.3) is 0 Å². The molecule has 0 bridgehead atoms. The Morgan fingerprint density at radius 3 is 2.76 bits per heavy atom. The molecule has 3 amide bonds. The smallest absolute Gasteiger partial charge is 0.324 e. The second-order valence-electron chi connectivity index (χ2n) is 9.46. The molecule has 4 heterocycles. The third-order valence-corrected chi connectivity index (χ3v) is 7.15. The number of anilines is 3. The predicted molar refractivity (Wildman–Crippen MR) is 130 cm³/mol. The van der Waals surface area contributed by atoms with Crippen molar-refractivity contribution < 1.29 is 9.59 Å². The van der Waals surface area contributed by atoms with Crippen LogP contribution in [0.5, 0.6) is 0 Å². The van der Waals surface area contributed by atoms with E-state index >= 15 is 0 Å². The number of fused-ring (bicyclic) bond motifs is 2. The van der Waals surface area contributed by atoms with Crippen LogP contribution in [0.2, 0.25) is 0 Å². The van der Waals surface area contributed by atoms with Crippen LogP contribution in [0.15, 0.2) is 42.6 Å². The fourth-order valence-corrected chi connectivity index (χ4v) is 5.43. The minimum Gasteiger partial charge on any atom is -0.324 e. The van der Waals surface area contributed by atoms with Gasteiger partial charge in [-0.3, -0.25) is 4.79 Å². The third kappa shape index (κ3) is 4.74. The van der Waals surface area contributed by atoms with Crippen molar-refractivity contribution in [1.29, 1.82) is 0 Å². The fourth-order valence-electron chi connectivity index (χ4n) is 5.43. The number of para-hydroxylation sites is 1. The Hall–Kier alpha value is -2.93. The molecule has 7 heteroatoms. The number of rotatable bonds is 4. The van der Waals surface area contributed by atoms with E-state index in [4.69, 9.17) is 0 Å². The van der Waals surface area contributed by atoms with E-state index in [1.54, 1.807) is 29.3 Å². The zero-order chi connectivity index (χ0) is 22.6. The Morgan fingerprint density at radius 1 is 1.03 bits per heavy atom. The molecule has 1 aromatic heterocycles. The number of nitrogens with zero attached hydrogens (tertiary/aromatic N) is 4. The molecule has 5 rings (SSSR count). The lowest BCUT2D eigenvalue weighted by Gasteiger charge is -2.36. The second-order valence-corrected chi connectivity index (χ2v) is 9.46. The van der Waals surface area contributed by atoms with Gasteiger partial charge in [0.05, 0.1) is 16.9 Å². The molecule has 0 spiro atoms. The SMILES string of the molecule is O=C1Nc2cccnc2N(C(=O)N2CCCC(CCCN3CCCCC3)C2)c2ccccc21. The van der Waals surface area contributed by atoms with Gasteiger partial charge in [-0.05, 0) is 88.3 Å². The molecule has 0 aliphatic carbocycles. The maximum Gasteiger partial charge on any atom is 0.330 e. The quantitative estimate of drug-likeness (QED) is 0.725. The van der Waals surface area contributed by atoms with E-state index in [1.165, 1.54) is 51.7 Å². The molecule has 0 saturated carbocycles. The second kappa shape index (κ2) is 9.91. The summed E-state index contributed by atoms with van der Waals surface area (Å²) in [6, 6.07) is 10.7. The Kier molecular flexibility index (Phi) is 6.58. The summed E-state index contributed by atoms with van der Waals surface area (Å²) in [5, 5.41) is 2.92. The highest BCUT2D eigenvalue weighted by molar-refractivity contribution is 6.16. The number of hydrogen-bond donors (Lipinski definition) is 1. The summed E-state index contributed by atoms with van der Waals surface area (Å²) in [7, 11) is 0. The average molecular weight is 448 g/mol. The van der Waals surface area contributed by atoms with Crippen LogP contribution in [-0.2, 0) is 0 Å². The molecule has 2 aromatic rings.